The summed E-state index contributed by atoms with van der Waals surface area (Å²) in [5, 5.41) is 2.58. The molecule has 0 aromatic heterocycles. The molecule has 3 aliphatic rings. The maximum Gasteiger partial charge on any atom is 0.0950 e. The quantitative estimate of drug-likeness (QED) is 0.625. The lowest BCUT2D eigenvalue weighted by atomic mass is 9.99. The average molecular weight is 316 g/mol. The zero-order valence-corrected chi connectivity index (χ0v) is 14.8. The van der Waals surface area contributed by atoms with Gasteiger partial charge < -0.3 is 0 Å². The average Bonchev–Trinajstić information content (AvgIpc) is 2.99. The lowest BCUT2D eigenvalue weighted by molar-refractivity contribution is 0.698. The molecule has 1 aliphatic heterocycles. The van der Waals surface area contributed by atoms with Gasteiger partial charge >= 0.3 is 0 Å². The van der Waals surface area contributed by atoms with Crippen molar-refractivity contribution in [1.29, 1.82) is 0 Å². The zero-order chi connectivity index (χ0) is 17.1. The summed E-state index contributed by atoms with van der Waals surface area (Å²) >= 11 is 0. The first-order valence-electron chi connectivity index (χ1n) is 8.95. The van der Waals surface area contributed by atoms with Crippen molar-refractivity contribution in [2.75, 3.05) is 0 Å². The van der Waals surface area contributed by atoms with Crippen molar-refractivity contribution in [2.45, 2.75) is 39.8 Å². The lowest BCUT2D eigenvalue weighted by Gasteiger charge is -2.23. The Kier molecular flexibility index (Phi) is 4.75. The van der Waals surface area contributed by atoms with Gasteiger partial charge in [0, 0.05) is 16.5 Å². The van der Waals surface area contributed by atoms with Gasteiger partial charge in [0.2, 0.25) is 0 Å². The van der Waals surface area contributed by atoms with E-state index in [0.717, 1.165) is 11.4 Å². The van der Waals surface area contributed by atoms with Gasteiger partial charge in [0.05, 0.1) is 23.5 Å². The molecule has 2 aliphatic carbocycles. The van der Waals surface area contributed by atoms with Gasteiger partial charge in [-0.05, 0) is 5.39 Å². The van der Waals surface area contributed by atoms with Crippen molar-refractivity contribution in [3.05, 3.63) is 71.8 Å². The Balaban J connectivity index is 0.000000396. The number of rotatable bonds is 0. The summed E-state index contributed by atoms with van der Waals surface area (Å²) in [5.74, 6) is 0. The minimum atomic E-state index is 0.156. The third-order valence-corrected chi connectivity index (χ3v) is 4.27. The highest BCUT2D eigenvalue weighted by molar-refractivity contribution is 6.61. The van der Waals surface area contributed by atoms with Gasteiger partial charge in [0.15, 0.2) is 0 Å². The maximum atomic E-state index is 4.95. The number of hydrogen-bond acceptors (Lipinski definition) is 2. The van der Waals surface area contributed by atoms with Gasteiger partial charge in [-0.3, -0.25) is 9.98 Å². The van der Waals surface area contributed by atoms with E-state index in [1.165, 1.54) is 21.9 Å². The number of hydrogen-bond donors (Lipinski definition) is 0. The second kappa shape index (κ2) is 6.96. The number of aliphatic imine (C=N–C) groups is 2. The lowest BCUT2D eigenvalue weighted by Crippen LogP contribution is -2.30. The van der Waals surface area contributed by atoms with Crippen molar-refractivity contribution in [3.8, 4) is 0 Å². The van der Waals surface area contributed by atoms with Crippen molar-refractivity contribution in [1.82, 2.24) is 0 Å². The predicted molar refractivity (Wildman–Crippen MR) is 106 cm³/mol. The Morgan fingerprint density at radius 2 is 1.12 bits per heavy atom. The van der Waals surface area contributed by atoms with Crippen LogP contribution in [0.2, 0.25) is 0 Å². The Hall–Kier alpha value is -2.48. The van der Waals surface area contributed by atoms with Crippen LogP contribution in [0, 0.1) is 0 Å². The maximum absolute atomic E-state index is 4.95. The third kappa shape index (κ3) is 2.43. The number of benzene rings is 2. The highest BCUT2D eigenvalue weighted by Gasteiger charge is 2.33. The third-order valence-electron chi connectivity index (χ3n) is 4.27. The summed E-state index contributed by atoms with van der Waals surface area (Å²) in [6.07, 6.45) is 8.41. The second-order valence-corrected chi connectivity index (χ2v) is 5.42. The fourth-order valence-corrected chi connectivity index (χ4v) is 3.37. The molecule has 2 nitrogen and oxygen atoms in total. The molecule has 0 spiro atoms. The summed E-state index contributed by atoms with van der Waals surface area (Å²) in [7, 11) is 0. The zero-order valence-electron chi connectivity index (χ0n) is 14.8. The van der Waals surface area contributed by atoms with Crippen LogP contribution in [0.1, 0.15) is 38.8 Å². The molecule has 0 saturated carbocycles. The minimum Gasteiger partial charge on any atom is -0.272 e. The molecule has 0 N–H and O–H groups in total. The molecular weight excluding hydrogens is 292 g/mol. The second-order valence-electron chi connectivity index (χ2n) is 5.42. The van der Waals surface area contributed by atoms with Crippen LogP contribution in [0.15, 0.2) is 70.7 Å². The van der Waals surface area contributed by atoms with Crippen LogP contribution in [0.5, 0.6) is 0 Å². The molecule has 0 radical (unpaired) electrons. The SMILES string of the molecule is C1=CC2N=C3C(=NC2C=C1)c1cccc2cccc3c12.CC.CC. The molecule has 0 bridgehead atoms. The molecular formula is C22H24N2. The van der Waals surface area contributed by atoms with E-state index in [4.69, 9.17) is 9.98 Å². The highest BCUT2D eigenvalue weighted by atomic mass is 15.0. The van der Waals surface area contributed by atoms with Crippen molar-refractivity contribution in [3.63, 3.8) is 0 Å². The molecule has 5 rings (SSSR count). The Labute approximate surface area is 144 Å². The first-order chi connectivity index (χ1) is 11.9. The normalized spacial score (nSPS) is 21.5. The highest BCUT2D eigenvalue weighted by Crippen LogP contribution is 2.34. The van der Waals surface area contributed by atoms with E-state index >= 15 is 0 Å². The number of allylic oxidation sites excluding steroid dienone is 2. The van der Waals surface area contributed by atoms with Crippen LogP contribution in [-0.4, -0.2) is 23.5 Å². The van der Waals surface area contributed by atoms with Gasteiger partial charge in [-0.2, -0.15) is 0 Å². The molecule has 0 amide bonds. The molecule has 2 aromatic rings. The molecule has 0 saturated heterocycles. The molecule has 2 unspecified atom stereocenters. The largest absolute Gasteiger partial charge is 0.272 e. The van der Waals surface area contributed by atoms with Gasteiger partial charge in [0.1, 0.15) is 0 Å². The van der Waals surface area contributed by atoms with Crippen LogP contribution >= 0.6 is 0 Å². The molecule has 0 fully saturated rings. The summed E-state index contributed by atoms with van der Waals surface area (Å²) in [6, 6.07) is 13.2. The molecule has 24 heavy (non-hydrogen) atoms. The van der Waals surface area contributed by atoms with E-state index in [1.54, 1.807) is 0 Å². The van der Waals surface area contributed by atoms with Crippen LogP contribution < -0.4 is 0 Å². The summed E-state index contributed by atoms with van der Waals surface area (Å²) < 4.78 is 0. The fourth-order valence-electron chi connectivity index (χ4n) is 3.37. The van der Waals surface area contributed by atoms with Gasteiger partial charge in [-0.1, -0.05) is 88.4 Å². The number of fused-ring (bicyclic) bond motifs is 4. The molecule has 2 heteroatoms. The first kappa shape index (κ1) is 16.4. The van der Waals surface area contributed by atoms with Crippen LogP contribution in [0.25, 0.3) is 10.8 Å². The van der Waals surface area contributed by atoms with E-state index in [0.29, 0.717) is 0 Å². The van der Waals surface area contributed by atoms with E-state index in [1.807, 2.05) is 27.7 Å². The topological polar surface area (TPSA) is 24.7 Å². The summed E-state index contributed by atoms with van der Waals surface area (Å²) in [6.45, 7) is 8.00. The predicted octanol–water partition coefficient (Wildman–Crippen LogP) is 5.36. The van der Waals surface area contributed by atoms with Gasteiger partial charge in [-0.15, -0.1) is 0 Å². The van der Waals surface area contributed by atoms with E-state index in [2.05, 4.69) is 60.7 Å². The van der Waals surface area contributed by atoms with Gasteiger partial charge in [0.25, 0.3) is 0 Å². The first-order valence-corrected chi connectivity index (χ1v) is 8.95. The smallest absolute Gasteiger partial charge is 0.0950 e. The van der Waals surface area contributed by atoms with Crippen LogP contribution in [0.4, 0.5) is 0 Å². The van der Waals surface area contributed by atoms with Crippen molar-refractivity contribution in [2.24, 2.45) is 9.98 Å². The van der Waals surface area contributed by atoms with E-state index < -0.39 is 0 Å². The van der Waals surface area contributed by atoms with Crippen LogP contribution in [0.3, 0.4) is 0 Å². The Bertz CT molecular complexity index is 800. The standard InChI is InChI=1S/C18H12N2.2C2H6/c1-2-10-15-14(9-1)19-17-12-7-3-5-11-6-4-8-13(16(11)12)18(17)20-15;2*1-2/h1-10,14-15H;2*1-2H3. The minimum absolute atomic E-state index is 0.156. The Morgan fingerprint density at radius 1 is 0.667 bits per heavy atom. The van der Waals surface area contributed by atoms with E-state index in [-0.39, 0.29) is 12.1 Å². The number of nitrogens with zero attached hydrogens (tertiary/aromatic N) is 2. The van der Waals surface area contributed by atoms with Crippen molar-refractivity contribution >= 4 is 22.2 Å². The molecule has 2 atom stereocenters. The Morgan fingerprint density at radius 3 is 1.58 bits per heavy atom. The van der Waals surface area contributed by atoms with Crippen LogP contribution in [-0.2, 0) is 0 Å². The summed E-state index contributed by atoms with van der Waals surface area (Å²) in [5.41, 5.74) is 4.60. The molecule has 1 heterocycles. The molecule has 122 valence electrons. The van der Waals surface area contributed by atoms with E-state index in [9.17, 15) is 0 Å². The van der Waals surface area contributed by atoms with Gasteiger partial charge in [-0.25, -0.2) is 0 Å². The molecule has 2 aromatic carbocycles. The van der Waals surface area contributed by atoms with Crippen molar-refractivity contribution < 1.29 is 0 Å². The fraction of sp³-hybridized carbons (Fsp3) is 0.273. The monoisotopic (exact) mass is 316 g/mol. The summed E-state index contributed by atoms with van der Waals surface area (Å²) in [4.78, 5) is 9.91.